The summed E-state index contributed by atoms with van der Waals surface area (Å²) in [6.45, 7) is 1.51. The maximum absolute atomic E-state index is 9.91. The van der Waals surface area contributed by atoms with E-state index in [9.17, 15) is 5.11 Å². The first-order chi connectivity index (χ1) is 14.2. The number of fused-ring (bicyclic) bond motifs is 1. The quantitative estimate of drug-likeness (QED) is 0.509. The van der Waals surface area contributed by atoms with Crippen molar-refractivity contribution in [2.45, 2.75) is 18.9 Å². The molecule has 3 heterocycles. The second-order valence-electron chi connectivity index (χ2n) is 7.27. The number of benzene rings is 2. The zero-order chi connectivity index (χ0) is 19.8. The summed E-state index contributed by atoms with van der Waals surface area (Å²) < 4.78 is 6.26. The van der Waals surface area contributed by atoms with Crippen LogP contribution in [0.15, 0.2) is 65.3 Å². The highest BCUT2D eigenvalue weighted by molar-refractivity contribution is 6.30. The van der Waals surface area contributed by atoms with Gasteiger partial charge in [0.2, 0.25) is 5.71 Å². The van der Waals surface area contributed by atoms with Gasteiger partial charge >= 0.3 is 0 Å². The summed E-state index contributed by atoms with van der Waals surface area (Å²) in [7, 11) is 0. The van der Waals surface area contributed by atoms with Crippen molar-refractivity contribution in [1.82, 2.24) is 9.97 Å². The number of halogens is 1. The van der Waals surface area contributed by atoms with Crippen molar-refractivity contribution >= 4 is 28.5 Å². The number of piperidine rings is 1. The van der Waals surface area contributed by atoms with Crippen molar-refractivity contribution in [2.24, 2.45) is 0 Å². The third-order valence-electron chi connectivity index (χ3n) is 5.40. The van der Waals surface area contributed by atoms with Gasteiger partial charge in [-0.2, -0.15) is 0 Å². The number of aliphatic hydroxyl groups is 1. The van der Waals surface area contributed by atoms with E-state index in [1.54, 1.807) is 6.33 Å². The van der Waals surface area contributed by atoms with Crippen molar-refractivity contribution in [3.05, 3.63) is 65.9 Å². The van der Waals surface area contributed by atoms with E-state index in [0.717, 1.165) is 59.6 Å². The lowest BCUT2D eigenvalue weighted by atomic mass is 9.98. The van der Waals surface area contributed by atoms with Gasteiger partial charge in [0.15, 0.2) is 0 Å². The molecule has 1 aliphatic heterocycles. The smallest absolute Gasteiger partial charge is 0.232 e. The zero-order valence-corrected chi connectivity index (χ0v) is 16.5. The lowest BCUT2D eigenvalue weighted by Crippen LogP contribution is -2.36. The molecule has 1 aliphatic rings. The van der Waals surface area contributed by atoms with Gasteiger partial charge in [0.25, 0.3) is 0 Å². The van der Waals surface area contributed by atoms with Gasteiger partial charge in [-0.05, 0) is 42.7 Å². The van der Waals surface area contributed by atoms with Crippen LogP contribution in [0.1, 0.15) is 12.8 Å². The Kier molecular flexibility index (Phi) is 4.70. The fraction of sp³-hybridized carbons (Fsp3) is 0.217. The van der Waals surface area contributed by atoms with Crippen LogP contribution < -0.4 is 4.90 Å². The molecule has 0 amide bonds. The minimum Gasteiger partial charge on any atom is -0.437 e. The molecule has 0 spiro atoms. The first-order valence-corrected chi connectivity index (χ1v) is 10.1. The van der Waals surface area contributed by atoms with Crippen molar-refractivity contribution in [3.8, 4) is 22.5 Å². The molecular weight excluding hydrogens is 386 g/mol. The van der Waals surface area contributed by atoms with E-state index in [1.165, 1.54) is 0 Å². The number of hydrogen-bond donors (Lipinski definition) is 1. The van der Waals surface area contributed by atoms with Gasteiger partial charge < -0.3 is 14.4 Å². The molecule has 29 heavy (non-hydrogen) atoms. The van der Waals surface area contributed by atoms with Crippen molar-refractivity contribution in [2.75, 3.05) is 18.0 Å². The number of rotatable bonds is 3. The Morgan fingerprint density at radius 2 is 1.66 bits per heavy atom. The minimum absolute atomic E-state index is 0.244. The van der Waals surface area contributed by atoms with Crippen LogP contribution >= 0.6 is 11.6 Å². The normalized spacial score (nSPS) is 15.2. The number of aromatic nitrogens is 2. The van der Waals surface area contributed by atoms with Gasteiger partial charge in [0.05, 0.1) is 11.5 Å². The van der Waals surface area contributed by atoms with Gasteiger partial charge in [-0.1, -0.05) is 41.9 Å². The SMILES string of the molecule is OC1CCN(c2ncnc3oc(-c4ccc(Cl)cc4)c(-c4ccccc4)c23)CC1. The predicted molar refractivity (Wildman–Crippen MR) is 115 cm³/mol. The van der Waals surface area contributed by atoms with E-state index >= 15 is 0 Å². The average molecular weight is 406 g/mol. The Labute approximate surface area is 173 Å². The summed E-state index contributed by atoms with van der Waals surface area (Å²) in [5.74, 6) is 1.60. The predicted octanol–water partition coefficient (Wildman–Crippen LogP) is 5.17. The summed E-state index contributed by atoms with van der Waals surface area (Å²) in [5.41, 5.74) is 3.52. The summed E-state index contributed by atoms with van der Waals surface area (Å²) in [6.07, 6.45) is 2.76. The van der Waals surface area contributed by atoms with E-state index in [0.29, 0.717) is 10.7 Å². The van der Waals surface area contributed by atoms with Crippen molar-refractivity contribution < 1.29 is 9.52 Å². The highest BCUT2D eigenvalue weighted by Gasteiger charge is 2.26. The number of aliphatic hydroxyl groups excluding tert-OH is 1. The fourth-order valence-electron chi connectivity index (χ4n) is 3.92. The van der Waals surface area contributed by atoms with Crippen molar-refractivity contribution in [3.63, 3.8) is 0 Å². The van der Waals surface area contributed by atoms with Crippen LogP contribution in [0.3, 0.4) is 0 Å². The molecule has 1 fully saturated rings. The lowest BCUT2D eigenvalue weighted by Gasteiger charge is -2.30. The summed E-state index contributed by atoms with van der Waals surface area (Å²) in [5, 5.41) is 11.5. The van der Waals surface area contributed by atoms with Crippen LogP contribution in [-0.2, 0) is 0 Å². The first-order valence-electron chi connectivity index (χ1n) is 9.72. The molecule has 146 valence electrons. The molecule has 1 N–H and O–H groups in total. The Hall–Kier alpha value is -2.89. The highest BCUT2D eigenvalue weighted by atomic mass is 35.5. The molecule has 6 heteroatoms. The van der Waals surface area contributed by atoms with Gasteiger partial charge in [0, 0.05) is 29.2 Å². The van der Waals surface area contributed by atoms with Crippen LogP contribution in [0.2, 0.25) is 5.02 Å². The van der Waals surface area contributed by atoms with E-state index < -0.39 is 0 Å². The molecule has 4 aromatic rings. The second-order valence-corrected chi connectivity index (χ2v) is 7.71. The Balaban J connectivity index is 1.75. The maximum Gasteiger partial charge on any atom is 0.232 e. The van der Waals surface area contributed by atoms with E-state index in [-0.39, 0.29) is 6.10 Å². The monoisotopic (exact) mass is 405 g/mol. The Bertz CT molecular complexity index is 1130. The number of furan rings is 1. The van der Waals surface area contributed by atoms with E-state index in [1.807, 2.05) is 42.5 Å². The largest absolute Gasteiger partial charge is 0.437 e. The van der Waals surface area contributed by atoms with Crippen LogP contribution in [0.25, 0.3) is 33.6 Å². The molecule has 0 saturated carbocycles. The third-order valence-corrected chi connectivity index (χ3v) is 5.65. The molecule has 2 aromatic heterocycles. The molecule has 0 aliphatic carbocycles. The van der Waals surface area contributed by atoms with Gasteiger partial charge in [-0.15, -0.1) is 0 Å². The molecule has 5 nitrogen and oxygen atoms in total. The molecule has 1 saturated heterocycles. The second kappa shape index (κ2) is 7.50. The topological polar surface area (TPSA) is 62.4 Å². The van der Waals surface area contributed by atoms with Crippen LogP contribution in [0, 0.1) is 0 Å². The third kappa shape index (κ3) is 3.37. The van der Waals surface area contributed by atoms with E-state index in [2.05, 4.69) is 27.0 Å². The van der Waals surface area contributed by atoms with E-state index in [4.69, 9.17) is 16.0 Å². The van der Waals surface area contributed by atoms with Gasteiger partial charge in [-0.3, -0.25) is 0 Å². The summed E-state index contributed by atoms with van der Waals surface area (Å²) in [4.78, 5) is 11.2. The molecule has 2 aromatic carbocycles. The number of anilines is 1. The maximum atomic E-state index is 9.91. The fourth-order valence-corrected chi connectivity index (χ4v) is 4.05. The summed E-state index contributed by atoms with van der Waals surface area (Å²) >= 11 is 6.09. The zero-order valence-electron chi connectivity index (χ0n) is 15.8. The lowest BCUT2D eigenvalue weighted by molar-refractivity contribution is 0.145. The van der Waals surface area contributed by atoms with Crippen molar-refractivity contribution in [1.29, 1.82) is 0 Å². The van der Waals surface area contributed by atoms with Gasteiger partial charge in [0.1, 0.15) is 17.9 Å². The molecule has 0 unspecified atom stereocenters. The number of nitrogens with zero attached hydrogens (tertiary/aromatic N) is 3. The molecule has 0 bridgehead atoms. The number of hydrogen-bond acceptors (Lipinski definition) is 5. The molecule has 5 rings (SSSR count). The van der Waals surface area contributed by atoms with Crippen LogP contribution in [-0.4, -0.2) is 34.3 Å². The van der Waals surface area contributed by atoms with Crippen LogP contribution in [0.4, 0.5) is 5.82 Å². The Morgan fingerprint density at radius 1 is 0.931 bits per heavy atom. The van der Waals surface area contributed by atoms with Gasteiger partial charge in [-0.25, -0.2) is 9.97 Å². The molecule has 0 atom stereocenters. The minimum atomic E-state index is -0.244. The molecular formula is C23H20ClN3O2. The average Bonchev–Trinajstić information content (AvgIpc) is 3.15. The summed E-state index contributed by atoms with van der Waals surface area (Å²) in [6, 6.07) is 17.8. The van der Waals surface area contributed by atoms with Crippen LogP contribution in [0.5, 0.6) is 0 Å². The molecule has 0 radical (unpaired) electrons. The highest BCUT2D eigenvalue weighted by Crippen LogP contribution is 2.43. The standard InChI is InChI=1S/C23H20ClN3O2/c24-17-8-6-16(7-9-17)21-19(15-4-2-1-3-5-15)20-22(25-14-26-23(20)29-21)27-12-10-18(28)11-13-27/h1-9,14,18,28H,10-13H2. The Morgan fingerprint density at radius 3 is 2.38 bits per heavy atom. The first kappa shape index (κ1) is 18.2.